The van der Waals surface area contributed by atoms with E-state index in [1.54, 1.807) is 10.6 Å². The summed E-state index contributed by atoms with van der Waals surface area (Å²) in [6.45, 7) is 8.03. The molecule has 102 valence electrons. The molecule has 0 N–H and O–H groups in total. The van der Waals surface area contributed by atoms with Gasteiger partial charge in [0.25, 0.3) is 0 Å². The molecule has 0 atom stereocenters. The van der Waals surface area contributed by atoms with Gasteiger partial charge in [0.2, 0.25) is 0 Å². The molecule has 0 aliphatic carbocycles. The maximum Gasteiger partial charge on any atom is 0.354 e. The number of hydrogen-bond acceptors (Lipinski definition) is 3. The third-order valence-electron chi connectivity index (χ3n) is 2.48. The van der Waals surface area contributed by atoms with Crippen LogP contribution in [0.5, 0.6) is 0 Å². The Labute approximate surface area is 117 Å². The van der Waals surface area contributed by atoms with E-state index in [1.807, 2.05) is 6.20 Å². The van der Waals surface area contributed by atoms with Crippen LogP contribution in [-0.2, 0) is 16.2 Å². The third kappa shape index (κ3) is 4.95. The number of nitrogens with zero attached hydrogens (tertiary/aromatic N) is 1. The molecule has 1 heterocycles. The van der Waals surface area contributed by atoms with Crippen LogP contribution < -0.4 is 0 Å². The Balaban J connectivity index is 2.54. The number of aromatic nitrogens is 1. The van der Waals surface area contributed by atoms with Crippen molar-refractivity contribution >= 4 is 30.0 Å². The SMILES string of the molecule is COC(=O)c1cc(Br)cn1COCC[Si](C)(C)C. The summed E-state index contributed by atoms with van der Waals surface area (Å²) in [5.41, 5.74) is 0.498. The summed E-state index contributed by atoms with van der Waals surface area (Å²) >= 11 is 3.34. The molecule has 0 unspecified atom stereocenters. The van der Waals surface area contributed by atoms with Crippen LogP contribution in [0.15, 0.2) is 16.7 Å². The molecule has 1 aromatic rings. The molecule has 6 heteroatoms. The highest BCUT2D eigenvalue weighted by Crippen LogP contribution is 2.16. The lowest BCUT2D eigenvalue weighted by molar-refractivity contribution is 0.0540. The predicted molar refractivity (Wildman–Crippen MR) is 77.6 cm³/mol. The molecule has 0 aromatic carbocycles. The Bertz CT molecular complexity index is 412. The van der Waals surface area contributed by atoms with Gasteiger partial charge in [-0.15, -0.1) is 0 Å². The Hall–Kier alpha value is -0.593. The molecule has 0 aliphatic heterocycles. The van der Waals surface area contributed by atoms with E-state index in [-0.39, 0.29) is 5.97 Å². The van der Waals surface area contributed by atoms with Gasteiger partial charge in [0.15, 0.2) is 0 Å². The van der Waals surface area contributed by atoms with Crippen LogP contribution in [-0.4, -0.2) is 32.3 Å². The van der Waals surface area contributed by atoms with Gasteiger partial charge in [-0.3, -0.25) is 0 Å². The van der Waals surface area contributed by atoms with Gasteiger partial charge in [-0.2, -0.15) is 0 Å². The van der Waals surface area contributed by atoms with Crippen molar-refractivity contribution in [3.05, 3.63) is 22.4 Å². The van der Waals surface area contributed by atoms with E-state index in [9.17, 15) is 4.79 Å². The minimum absolute atomic E-state index is 0.352. The van der Waals surface area contributed by atoms with Crippen molar-refractivity contribution in [3.8, 4) is 0 Å². The topological polar surface area (TPSA) is 40.5 Å². The van der Waals surface area contributed by atoms with Crippen molar-refractivity contribution in [3.63, 3.8) is 0 Å². The van der Waals surface area contributed by atoms with Crippen molar-refractivity contribution in [2.45, 2.75) is 32.4 Å². The van der Waals surface area contributed by atoms with Crippen molar-refractivity contribution in [1.82, 2.24) is 4.57 Å². The molecular weight excluding hydrogens is 314 g/mol. The van der Waals surface area contributed by atoms with Crippen LogP contribution in [0.3, 0.4) is 0 Å². The van der Waals surface area contributed by atoms with Crippen molar-refractivity contribution in [2.75, 3.05) is 13.7 Å². The maximum atomic E-state index is 11.5. The van der Waals surface area contributed by atoms with Crippen LogP contribution in [0.1, 0.15) is 10.5 Å². The Morgan fingerprint density at radius 2 is 2.11 bits per heavy atom. The first-order valence-electron chi connectivity index (χ1n) is 5.85. The lowest BCUT2D eigenvalue weighted by atomic mass is 10.4. The van der Waals surface area contributed by atoms with Gasteiger partial charge in [0.1, 0.15) is 12.4 Å². The van der Waals surface area contributed by atoms with Crippen LogP contribution in [0.4, 0.5) is 0 Å². The zero-order valence-electron chi connectivity index (χ0n) is 11.3. The van der Waals surface area contributed by atoms with E-state index in [4.69, 9.17) is 9.47 Å². The van der Waals surface area contributed by atoms with Gasteiger partial charge in [-0.25, -0.2) is 4.79 Å². The molecule has 0 fully saturated rings. The first kappa shape index (κ1) is 15.5. The monoisotopic (exact) mass is 333 g/mol. The zero-order valence-corrected chi connectivity index (χ0v) is 13.9. The highest BCUT2D eigenvalue weighted by atomic mass is 79.9. The van der Waals surface area contributed by atoms with E-state index in [0.29, 0.717) is 12.4 Å². The van der Waals surface area contributed by atoms with E-state index in [1.165, 1.54) is 7.11 Å². The van der Waals surface area contributed by atoms with Crippen molar-refractivity contribution in [1.29, 1.82) is 0 Å². The summed E-state index contributed by atoms with van der Waals surface area (Å²) in [5.74, 6) is -0.352. The number of methoxy groups -OCH3 is 1. The maximum absolute atomic E-state index is 11.5. The molecule has 18 heavy (non-hydrogen) atoms. The molecule has 0 spiro atoms. The number of carbonyl (C=O) groups excluding carboxylic acids is 1. The molecule has 0 amide bonds. The van der Waals surface area contributed by atoms with Crippen molar-refractivity contribution < 1.29 is 14.3 Å². The number of esters is 1. The fraction of sp³-hybridized carbons (Fsp3) is 0.583. The van der Waals surface area contributed by atoms with E-state index in [2.05, 4.69) is 35.6 Å². The Morgan fingerprint density at radius 1 is 1.44 bits per heavy atom. The average molecular weight is 334 g/mol. The van der Waals surface area contributed by atoms with Crippen molar-refractivity contribution in [2.24, 2.45) is 0 Å². The minimum Gasteiger partial charge on any atom is -0.464 e. The van der Waals surface area contributed by atoms with Gasteiger partial charge >= 0.3 is 5.97 Å². The second-order valence-corrected chi connectivity index (χ2v) is 11.9. The molecule has 0 aliphatic rings. The number of hydrogen-bond donors (Lipinski definition) is 0. The molecule has 0 saturated heterocycles. The fourth-order valence-electron chi connectivity index (χ4n) is 1.40. The number of halogens is 1. The number of rotatable bonds is 6. The minimum atomic E-state index is -1.07. The summed E-state index contributed by atoms with van der Waals surface area (Å²) in [7, 11) is 0.307. The number of carbonyl (C=O) groups is 1. The van der Waals surface area contributed by atoms with Crippen LogP contribution in [0.2, 0.25) is 25.7 Å². The van der Waals surface area contributed by atoms with Crippen LogP contribution >= 0.6 is 15.9 Å². The first-order valence-corrected chi connectivity index (χ1v) is 10.4. The average Bonchev–Trinajstić information content (AvgIpc) is 2.63. The van der Waals surface area contributed by atoms with E-state index in [0.717, 1.165) is 17.1 Å². The first-order chi connectivity index (χ1) is 8.33. The van der Waals surface area contributed by atoms with Gasteiger partial charge in [0.05, 0.1) is 7.11 Å². The van der Waals surface area contributed by atoms with Gasteiger partial charge in [-0.1, -0.05) is 19.6 Å². The smallest absolute Gasteiger partial charge is 0.354 e. The fourth-order valence-corrected chi connectivity index (χ4v) is 2.62. The highest BCUT2D eigenvalue weighted by Gasteiger charge is 2.15. The van der Waals surface area contributed by atoms with Crippen LogP contribution in [0.25, 0.3) is 0 Å². The molecule has 0 radical (unpaired) electrons. The number of ether oxygens (including phenoxy) is 2. The van der Waals surface area contributed by atoms with Gasteiger partial charge < -0.3 is 14.0 Å². The summed E-state index contributed by atoms with van der Waals surface area (Å²) in [6.07, 6.45) is 1.82. The summed E-state index contributed by atoms with van der Waals surface area (Å²) in [5, 5.41) is 0. The second-order valence-electron chi connectivity index (χ2n) is 5.35. The highest BCUT2D eigenvalue weighted by molar-refractivity contribution is 9.10. The molecule has 1 aromatic heterocycles. The second kappa shape index (κ2) is 6.54. The zero-order chi connectivity index (χ0) is 13.8. The molecule has 0 saturated carbocycles. The molecule has 1 rings (SSSR count). The normalized spacial score (nSPS) is 11.6. The lowest BCUT2D eigenvalue weighted by Gasteiger charge is -2.16. The molecule has 0 bridgehead atoms. The van der Waals surface area contributed by atoms with E-state index < -0.39 is 8.07 Å². The van der Waals surface area contributed by atoms with E-state index >= 15 is 0 Å². The largest absolute Gasteiger partial charge is 0.464 e. The van der Waals surface area contributed by atoms with Crippen LogP contribution in [0, 0.1) is 0 Å². The summed E-state index contributed by atoms with van der Waals surface area (Å²) in [4.78, 5) is 11.5. The van der Waals surface area contributed by atoms with Gasteiger partial charge in [-0.05, 0) is 28.0 Å². The quantitative estimate of drug-likeness (QED) is 0.455. The molecule has 4 nitrogen and oxygen atoms in total. The van der Waals surface area contributed by atoms with Gasteiger partial charge in [0, 0.05) is 25.4 Å². The lowest BCUT2D eigenvalue weighted by Crippen LogP contribution is -2.22. The predicted octanol–water partition coefficient (Wildman–Crippen LogP) is 3.35. The summed E-state index contributed by atoms with van der Waals surface area (Å²) < 4.78 is 12.9. The Kier molecular flexibility index (Phi) is 5.62. The molecular formula is C12H20BrNO3Si. The summed E-state index contributed by atoms with van der Waals surface area (Å²) in [6, 6.07) is 2.84. The standard InChI is InChI=1S/C12H20BrNO3Si/c1-16-12(15)11-7-10(13)8-14(11)9-17-5-6-18(2,3)4/h7-8H,5-6,9H2,1-4H3. The Morgan fingerprint density at radius 3 is 2.67 bits per heavy atom. The third-order valence-corrected chi connectivity index (χ3v) is 4.62.